The van der Waals surface area contributed by atoms with Crippen molar-refractivity contribution < 1.29 is 14.1 Å². The molecule has 1 N–H and O–H groups in total. The third-order valence-electron chi connectivity index (χ3n) is 3.20. The lowest BCUT2D eigenvalue weighted by molar-refractivity contribution is -0.127. The summed E-state index contributed by atoms with van der Waals surface area (Å²) in [5.41, 5.74) is 0.479. The molecule has 22 heavy (non-hydrogen) atoms. The molecule has 1 unspecified atom stereocenters. The van der Waals surface area contributed by atoms with Crippen LogP contribution in [0.5, 0.6) is 0 Å². The van der Waals surface area contributed by atoms with Gasteiger partial charge in [-0.3, -0.25) is 9.69 Å². The fraction of sp³-hybridized carbons (Fsp3) is 0.385. The molecule has 0 aromatic carbocycles. The van der Waals surface area contributed by atoms with Crippen molar-refractivity contribution in [3.63, 3.8) is 0 Å². The van der Waals surface area contributed by atoms with E-state index in [2.05, 4.69) is 25.7 Å². The summed E-state index contributed by atoms with van der Waals surface area (Å²) in [6, 6.07) is 2.36. The Morgan fingerprint density at radius 1 is 1.41 bits per heavy atom. The number of carbonyl (C=O) groups is 2. The van der Waals surface area contributed by atoms with Crippen LogP contribution in [0.15, 0.2) is 22.9 Å². The first-order valence-corrected chi connectivity index (χ1v) is 6.91. The summed E-state index contributed by atoms with van der Waals surface area (Å²) in [7, 11) is 0. The molecule has 114 valence electrons. The van der Waals surface area contributed by atoms with Gasteiger partial charge in [-0.15, -0.1) is 5.10 Å². The van der Waals surface area contributed by atoms with Gasteiger partial charge in [0.1, 0.15) is 11.7 Å². The topological polar surface area (TPSA) is 114 Å². The second-order valence-corrected chi connectivity index (χ2v) is 4.82. The molecular formula is C13H14N6O3. The molecule has 3 heterocycles. The van der Waals surface area contributed by atoms with Gasteiger partial charge in [-0.05, 0) is 18.6 Å². The third-order valence-corrected chi connectivity index (χ3v) is 3.20. The Morgan fingerprint density at radius 3 is 3.00 bits per heavy atom. The van der Waals surface area contributed by atoms with Gasteiger partial charge in [0.15, 0.2) is 0 Å². The van der Waals surface area contributed by atoms with E-state index in [9.17, 15) is 9.59 Å². The van der Waals surface area contributed by atoms with Crippen molar-refractivity contribution in [3.05, 3.63) is 24.2 Å². The largest absolute Gasteiger partial charge is 0.339 e. The van der Waals surface area contributed by atoms with Crippen LogP contribution in [0.1, 0.15) is 19.2 Å². The number of carbonyl (C=O) groups excluding carboxylic acids is 2. The minimum Gasteiger partial charge on any atom is -0.339 e. The van der Waals surface area contributed by atoms with Gasteiger partial charge in [-0.25, -0.2) is 4.79 Å². The lowest BCUT2D eigenvalue weighted by Gasteiger charge is -2.10. The quantitative estimate of drug-likeness (QED) is 0.795. The molecule has 2 aromatic rings. The van der Waals surface area contributed by atoms with Gasteiger partial charge in [0.25, 0.3) is 5.91 Å². The first-order chi connectivity index (χ1) is 10.7. The van der Waals surface area contributed by atoms with E-state index in [1.807, 2.05) is 6.92 Å². The molecule has 0 radical (unpaired) electrons. The fourth-order valence-corrected chi connectivity index (χ4v) is 2.19. The molecule has 1 fully saturated rings. The minimum atomic E-state index is -0.672. The van der Waals surface area contributed by atoms with E-state index < -0.39 is 6.04 Å². The summed E-state index contributed by atoms with van der Waals surface area (Å²) in [5, 5.41) is 14.0. The third kappa shape index (κ3) is 2.65. The minimum absolute atomic E-state index is 0.151. The SMILES string of the molecule is CCCN1C(=O)NC(Cc2nc(-c3cccnn3)no2)C1=O. The highest BCUT2D eigenvalue weighted by Crippen LogP contribution is 2.15. The summed E-state index contributed by atoms with van der Waals surface area (Å²) in [5.74, 6) is 0.286. The molecule has 3 amide bonds. The summed E-state index contributed by atoms with van der Waals surface area (Å²) in [6.45, 7) is 2.30. The number of urea groups is 1. The average Bonchev–Trinajstić information content (AvgIpc) is 3.09. The van der Waals surface area contributed by atoms with Crippen LogP contribution in [-0.4, -0.2) is 49.8 Å². The van der Waals surface area contributed by atoms with Gasteiger partial charge in [0, 0.05) is 12.7 Å². The maximum absolute atomic E-state index is 12.1. The van der Waals surface area contributed by atoms with Crippen LogP contribution < -0.4 is 5.32 Å². The number of hydrogen-bond donors (Lipinski definition) is 1. The molecular weight excluding hydrogens is 288 g/mol. The van der Waals surface area contributed by atoms with Crippen LogP contribution in [0.2, 0.25) is 0 Å². The molecule has 3 rings (SSSR count). The monoisotopic (exact) mass is 302 g/mol. The number of amides is 3. The van der Waals surface area contributed by atoms with Gasteiger partial charge >= 0.3 is 6.03 Å². The molecule has 0 bridgehead atoms. The van der Waals surface area contributed by atoms with Gasteiger partial charge in [0.05, 0.1) is 6.42 Å². The second kappa shape index (κ2) is 5.88. The zero-order chi connectivity index (χ0) is 15.5. The molecule has 1 aliphatic rings. The summed E-state index contributed by atoms with van der Waals surface area (Å²) in [4.78, 5) is 29.2. The van der Waals surface area contributed by atoms with E-state index in [-0.39, 0.29) is 24.2 Å². The van der Waals surface area contributed by atoms with Crippen molar-refractivity contribution >= 4 is 11.9 Å². The van der Waals surface area contributed by atoms with E-state index in [0.717, 1.165) is 0 Å². The van der Waals surface area contributed by atoms with Crippen LogP contribution in [0.3, 0.4) is 0 Å². The Kier molecular flexibility index (Phi) is 3.77. The Bertz CT molecular complexity index is 686. The van der Waals surface area contributed by atoms with E-state index in [1.165, 1.54) is 4.90 Å². The molecule has 0 saturated carbocycles. The van der Waals surface area contributed by atoms with Crippen LogP contribution in [0.25, 0.3) is 11.5 Å². The highest BCUT2D eigenvalue weighted by atomic mass is 16.5. The van der Waals surface area contributed by atoms with Gasteiger partial charge in [-0.1, -0.05) is 12.1 Å². The zero-order valence-corrected chi connectivity index (χ0v) is 11.9. The number of nitrogens with one attached hydrogen (secondary N) is 1. The van der Waals surface area contributed by atoms with Crippen molar-refractivity contribution in [3.8, 4) is 11.5 Å². The first kappa shape index (κ1) is 14.1. The van der Waals surface area contributed by atoms with E-state index >= 15 is 0 Å². The van der Waals surface area contributed by atoms with Gasteiger partial charge < -0.3 is 9.84 Å². The van der Waals surface area contributed by atoms with Crippen molar-refractivity contribution in [2.24, 2.45) is 0 Å². The average molecular weight is 302 g/mol. The Hall–Kier alpha value is -2.84. The van der Waals surface area contributed by atoms with Crippen LogP contribution in [0, 0.1) is 0 Å². The number of hydrogen-bond acceptors (Lipinski definition) is 7. The molecule has 1 saturated heterocycles. The summed E-state index contributed by atoms with van der Waals surface area (Å²) < 4.78 is 5.11. The molecule has 0 spiro atoms. The van der Waals surface area contributed by atoms with E-state index in [1.54, 1.807) is 18.3 Å². The predicted molar refractivity (Wildman–Crippen MR) is 73.4 cm³/mol. The molecule has 0 aliphatic carbocycles. The Morgan fingerprint density at radius 2 is 2.27 bits per heavy atom. The number of imide groups is 1. The molecule has 1 atom stereocenters. The van der Waals surface area contributed by atoms with Crippen molar-refractivity contribution in [1.29, 1.82) is 0 Å². The summed E-state index contributed by atoms with van der Waals surface area (Å²) >= 11 is 0. The standard InChI is InChI=1S/C13H14N6O3/c1-2-6-19-12(20)9(15-13(19)21)7-10-16-11(18-22-10)8-4-3-5-14-17-8/h3-5,9H,2,6-7H2,1H3,(H,15,21). The lowest BCUT2D eigenvalue weighted by atomic mass is 10.2. The van der Waals surface area contributed by atoms with E-state index in [0.29, 0.717) is 24.5 Å². The maximum atomic E-state index is 12.1. The van der Waals surface area contributed by atoms with Gasteiger partial charge in [0.2, 0.25) is 11.7 Å². The number of nitrogens with zero attached hydrogens (tertiary/aromatic N) is 5. The van der Waals surface area contributed by atoms with Crippen molar-refractivity contribution in [1.82, 2.24) is 30.6 Å². The normalized spacial score (nSPS) is 17.9. The van der Waals surface area contributed by atoms with Crippen molar-refractivity contribution in [2.45, 2.75) is 25.8 Å². The first-order valence-electron chi connectivity index (χ1n) is 6.91. The lowest BCUT2D eigenvalue weighted by Crippen LogP contribution is -2.33. The maximum Gasteiger partial charge on any atom is 0.324 e. The zero-order valence-electron chi connectivity index (χ0n) is 11.9. The highest BCUT2D eigenvalue weighted by molar-refractivity contribution is 6.04. The summed E-state index contributed by atoms with van der Waals surface area (Å²) in [6.07, 6.45) is 2.40. The molecule has 9 nitrogen and oxygen atoms in total. The second-order valence-electron chi connectivity index (χ2n) is 4.82. The smallest absolute Gasteiger partial charge is 0.324 e. The Labute approximate surface area is 125 Å². The van der Waals surface area contributed by atoms with Gasteiger partial charge in [-0.2, -0.15) is 10.1 Å². The molecule has 2 aromatic heterocycles. The Balaban J connectivity index is 1.71. The number of rotatable bonds is 5. The fourth-order valence-electron chi connectivity index (χ4n) is 2.19. The van der Waals surface area contributed by atoms with Crippen molar-refractivity contribution in [2.75, 3.05) is 6.54 Å². The predicted octanol–water partition coefficient (Wildman–Crippen LogP) is 0.399. The number of aromatic nitrogens is 4. The molecule has 9 heteroatoms. The van der Waals surface area contributed by atoms with Crippen LogP contribution >= 0.6 is 0 Å². The van der Waals surface area contributed by atoms with Crippen LogP contribution in [0.4, 0.5) is 4.79 Å². The highest BCUT2D eigenvalue weighted by Gasteiger charge is 2.38. The van der Waals surface area contributed by atoms with Crippen LogP contribution in [-0.2, 0) is 11.2 Å². The molecule has 1 aliphatic heterocycles. The van der Waals surface area contributed by atoms with E-state index in [4.69, 9.17) is 4.52 Å².